The van der Waals surface area contributed by atoms with Gasteiger partial charge in [-0.2, -0.15) is 0 Å². The molecule has 136 valence electrons. The Morgan fingerprint density at radius 1 is 1.00 bits per heavy atom. The molecular weight excluding hydrogens is 366 g/mol. The number of fused-ring (bicyclic) bond motifs is 1. The molecule has 1 aliphatic rings. The Labute approximate surface area is 161 Å². The zero-order valence-corrected chi connectivity index (χ0v) is 15.0. The third kappa shape index (κ3) is 4.12. The Balaban J connectivity index is 1.36. The molecule has 4 rings (SSSR count). The van der Waals surface area contributed by atoms with E-state index in [-0.39, 0.29) is 12.7 Å². The Morgan fingerprint density at radius 3 is 2.56 bits per heavy atom. The number of carbonyl (C=O) groups is 1. The van der Waals surface area contributed by atoms with Crippen LogP contribution in [0.25, 0.3) is 0 Å². The number of hydrogen-bond donors (Lipinski definition) is 2. The van der Waals surface area contributed by atoms with Crippen LogP contribution in [0.2, 0.25) is 5.02 Å². The lowest BCUT2D eigenvalue weighted by molar-refractivity contribution is 0.102. The number of ether oxygens (including phenoxy) is 2. The van der Waals surface area contributed by atoms with Crippen molar-refractivity contribution in [2.75, 3.05) is 17.4 Å². The molecule has 1 aromatic heterocycles. The Morgan fingerprint density at radius 2 is 1.78 bits per heavy atom. The SMILES string of the molecule is O=C(Nc1ccc2c(c1)OCO2)c1ccc(NCc2ccc(Cl)cc2)cn1. The van der Waals surface area contributed by atoms with Crippen LogP contribution in [0, 0.1) is 0 Å². The van der Waals surface area contributed by atoms with Gasteiger partial charge in [-0.05, 0) is 42.0 Å². The van der Waals surface area contributed by atoms with E-state index in [2.05, 4.69) is 15.6 Å². The van der Waals surface area contributed by atoms with E-state index >= 15 is 0 Å². The average Bonchev–Trinajstić information content (AvgIpc) is 3.16. The lowest BCUT2D eigenvalue weighted by Crippen LogP contribution is -2.13. The molecule has 2 heterocycles. The van der Waals surface area contributed by atoms with Crippen molar-refractivity contribution in [2.45, 2.75) is 6.54 Å². The highest BCUT2D eigenvalue weighted by molar-refractivity contribution is 6.30. The minimum Gasteiger partial charge on any atom is -0.454 e. The molecule has 0 atom stereocenters. The number of carbonyl (C=O) groups excluding carboxylic acids is 1. The maximum Gasteiger partial charge on any atom is 0.274 e. The Bertz CT molecular complexity index is 959. The lowest BCUT2D eigenvalue weighted by atomic mass is 10.2. The van der Waals surface area contributed by atoms with Gasteiger partial charge >= 0.3 is 0 Å². The van der Waals surface area contributed by atoms with Crippen LogP contribution in [-0.2, 0) is 6.54 Å². The molecule has 7 heteroatoms. The minimum absolute atomic E-state index is 0.193. The van der Waals surface area contributed by atoms with Crippen LogP contribution in [0.5, 0.6) is 11.5 Å². The van der Waals surface area contributed by atoms with Crippen molar-refractivity contribution in [3.8, 4) is 11.5 Å². The first-order chi connectivity index (χ1) is 13.2. The van der Waals surface area contributed by atoms with Gasteiger partial charge in [0.2, 0.25) is 6.79 Å². The van der Waals surface area contributed by atoms with E-state index < -0.39 is 0 Å². The molecule has 2 N–H and O–H groups in total. The topological polar surface area (TPSA) is 72.5 Å². The van der Waals surface area contributed by atoms with Crippen molar-refractivity contribution in [1.29, 1.82) is 0 Å². The molecule has 1 aliphatic heterocycles. The molecule has 0 radical (unpaired) electrons. The molecule has 0 spiro atoms. The number of halogens is 1. The van der Waals surface area contributed by atoms with Crippen LogP contribution in [0.4, 0.5) is 11.4 Å². The fraction of sp³-hybridized carbons (Fsp3) is 0.100. The van der Waals surface area contributed by atoms with Crippen LogP contribution >= 0.6 is 11.6 Å². The van der Waals surface area contributed by atoms with E-state index in [0.29, 0.717) is 34.4 Å². The van der Waals surface area contributed by atoms with E-state index in [0.717, 1.165) is 11.3 Å². The van der Waals surface area contributed by atoms with Gasteiger partial charge < -0.3 is 20.1 Å². The highest BCUT2D eigenvalue weighted by Gasteiger charge is 2.15. The van der Waals surface area contributed by atoms with Gasteiger partial charge in [0.1, 0.15) is 5.69 Å². The molecule has 0 bridgehead atoms. The van der Waals surface area contributed by atoms with Crippen LogP contribution in [-0.4, -0.2) is 17.7 Å². The van der Waals surface area contributed by atoms with Crippen LogP contribution in [0.15, 0.2) is 60.8 Å². The van der Waals surface area contributed by atoms with Crippen molar-refractivity contribution in [2.24, 2.45) is 0 Å². The Hall–Kier alpha value is -3.25. The molecule has 2 aromatic carbocycles. The summed E-state index contributed by atoms with van der Waals surface area (Å²) in [7, 11) is 0. The zero-order valence-electron chi connectivity index (χ0n) is 14.2. The molecule has 0 fully saturated rings. The smallest absolute Gasteiger partial charge is 0.274 e. The van der Waals surface area contributed by atoms with Crippen LogP contribution in [0.3, 0.4) is 0 Å². The highest BCUT2D eigenvalue weighted by Crippen LogP contribution is 2.34. The first-order valence-electron chi connectivity index (χ1n) is 8.33. The molecule has 3 aromatic rings. The summed E-state index contributed by atoms with van der Waals surface area (Å²) in [5.74, 6) is 0.989. The summed E-state index contributed by atoms with van der Waals surface area (Å²) in [4.78, 5) is 16.6. The second kappa shape index (κ2) is 7.55. The molecule has 0 saturated heterocycles. The van der Waals surface area contributed by atoms with Gasteiger partial charge in [-0.1, -0.05) is 23.7 Å². The van der Waals surface area contributed by atoms with Gasteiger partial charge in [-0.15, -0.1) is 0 Å². The van der Waals surface area contributed by atoms with Gasteiger partial charge in [0.15, 0.2) is 11.5 Å². The number of aromatic nitrogens is 1. The number of amides is 1. The van der Waals surface area contributed by atoms with Crippen LogP contribution < -0.4 is 20.1 Å². The summed E-state index contributed by atoms with van der Waals surface area (Å²) in [5.41, 5.74) is 2.87. The van der Waals surface area contributed by atoms with E-state index in [1.807, 2.05) is 30.3 Å². The highest BCUT2D eigenvalue weighted by atomic mass is 35.5. The molecule has 27 heavy (non-hydrogen) atoms. The number of rotatable bonds is 5. The molecular formula is C20H16ClN3O3. The first-order valence-corrected chi connectivity index (χ1v) is 8.70. The zero-order chi connectivity index (χ0) is 18.6. The van der Waals surface area contributed by atoms with Crippen LogP contribution in [0.1, 0.15) is 16.1 Å². The fourth-order valence-corrected chi connectivity index (χ4v) is 2.73. The number of nitrogens with zero attached hydrogens (tertiary/aromatic N) is 1. The summed E-state index contributed by atoms with van der Waals surface area (Å²) in [6.07, 6.45) is 1.63. The van der Waals surface area contributed by atoms with Crippen molar-refractivity contribution in [3.05, 3.63) is 77.1 Å². The third-order valence-electron chi connectivity index (χ3n) is 4.04. The maximum atomic E-state index is 12.4. The molecule has 0 saturated carbocycles. The summed E-state index contributed by atoms with van der Waals surface area (Å²) in [5, 5.41) is 6.76. The summed E-state index contributed by atoms with van der Waals surface area (Å²) < 4.78 is 10.6. The quantitative estimate of drug-likeness (QED) is 0.688. The normalized spacial score (nSPS) is 11.9. The number of pyridine rings is 1. The second-order valence-corrected chi connectivity index (χ2v) is 6.37. The Kier molecular flexibility index (Phi) is 4.80. The van der Waals surface area contributed by atoms with E-state index in [9.17, 15) is 4.79 Å². The van der Waals surface area contributed by atoms with Crippen molar-refractivity contribution in [1.82, 2.24) is 4.98 Å². The monoisotopic (exact) mass is 381 g/mol. The standard InChI is InChI=1S/C20H16ClN3O3/c21-14-3-1-13(2-4-14)10-22-16-5-7-17(23-11-16)20(25)24-15-6-8-18-19(9-15)27-12-26-18/h1-9,11,22H,10,12H2,(H,24,25). The second-order valence-electron chi connectivity index (χ2n) is 5.93. The van der Waals surface area contributed by atoms with Gasteiger partial charge in [0.25, 0.3) is 5.91 Å². The molecule has 1 amide bonds. The maximum absolute atomic E-state index is 12.4. The molecule has 6 nitrogen and oxygen atoms in total. The number of nitrogens with one attached hydrogen (secondary N) is 2. The largest absolute Gasteiger partial charge is 0.454 e. The van der Waals surface area contributed by atoms with Gasteiger partial charge in [-0.3, -0.25) is 4.79 Å². The summed E-state index contributed by atoms with van der Waals surface area (Å²) in [6.45, 7) is 0.834. The number of anilines is 2. The minimum atomic E-state index is -0.293. The fourth-order valence-electron chi connectivity index (χ4n) is 2.61. The van der Waals surface area contributed by atoms with Gasteiger partial charge in [0, 0.05) is 23.3 Å². The number of hydrogen-bond acceptors (Lipinski definition) is 5. The lowest BCUT2D eigenvalue weighted by Gasteiger charge is -2.08. The number of benzene rings is 2. The molecule has 0 aliphatic carbocycles. The van der Waals surface area contributed by atoms with Crippen molar-refractivity contribution < 1.29 is 14.3 Å². The summed E-state index contributed by atoms with van der Waals surface area (Å²) in [6, 6.07) is 16.3. The van der Waals surface area contributed by atoms with Crippen molar-refractivity contribution >= 4 is 28.9 Å². The summed E-state index contributed by atoms with van der Waals surface area (Å²) >= 11 is 5.88. The first kappa shape index (κ1) is 17.2. The van der Waals surface area contributed by atoms with Crippen molar-refractivity contribution in [3.63, 3.8) is 0 Å². The third-order valence-corrected chi connectivity index (χ3v) is 4.29. The van der Waals surface area contributed by atoms with E-state index in [4.69, 9.17) is 21.1 Å². The predicted molar refractivity (Wildman–Crippen MR) is 104 cm³/mol. The predicted octanol–water partition coefficient (Wildman–Crippen LogP) is 4.33. The van der Waals surface area contributed by atoms with E-state index in [1.54, 1.807) is 30.5 Å². The average molecular weight is 382 g/mol. The van der Waals surface area contributed by atoms with Gasteiger partial charge in [0.05, 0.1) is 11.9 Å². The molecule has 0 unspecified atom stereocenters. The van der Waals surface area contributed by atoms with Gasteiger partial charge in [-0.25, -0.2) is 4.98 Å². The van der Waals surface area contributed by atoms with E-state index in [1.165, 1.54) is 0 Å².